The fraction of sp³-hybridized carbons (Fsp3) is 0.571. The van der Waals surface area contributed by atoms with Crippen molar-refractivity contribution in [1.29, 1.82) is 0 Å². The van der Waals surface area contributed by atoms with Gasteiger partial charge in [0, 0.05) is 6.54 Å². The molecule has 1 atom stereocenters. The molecular weight excluding hydrogens is 196 g/mol. The highest BCUT2D eigenvalue weighted by Gasteiger charge is 1.99. The first-order chi connectivity index (χ1) is 7.83. The Labute approximate surface area is 99.2 Å². The lowest BCUT2D eigenvalue weighted by molar-refractivity contribution is 0.469. The van der Waals surface area contributed by atoms with Crippen molar-refractivity contribution in [2.45, 2.75) is 32.7 Å². The third-order valence-corrected chi connectivity index (χ3v) is 2.88. The van der Waals surface area contributed by atoms with E-state index in [4.69, 9.17) is 5.73 Å². The van der Waals surface area contributed by atoms with E-state index in [1.807, 2.05) is 0 Å². The van der Waals surface area contributed by atoms with Crippen LogP contribution in [0.15, 0.2) is 30.3 Å². The molecule has 16 heavy (non-hydrogen) atoms. The molecule has 0 aliphatic rings. The molecule has 1 rings (SSSR count). The predicted molar refractivity (Wildman–Crippen MR) is 70.2 cm³/mol. The minimum Gasteiger partial charge on any atom is -0.330 e. The summed E-state index contributed by atoms with van der Waals surface area (Å²) in [6, 6.07) is 10.5. The Balaban J connectivity index is 2.00. The van der Waals surface area contributed by atoms with E-state index in [0.717, 1.165) is 32.0 Å². The summed E-state index contributed by atoms with van der Waals surface area (Å²) in [4.78, 5) is 0. The van der Waals surface area contributed by atoms with Gasteiger partial charge in [-0.15, -0.1) is 0 Å². The maximum absolute atomic E-state index is 5.52. The van der Waals surface area contributed by atoms with E-state index in [9.17, 15) is 0 Å². The van der Waals surface area contributed by atoms with Crippen LogP contribution in [0, 0.1) is 5.92 Å². The van der Waals surface area contributed by atoms with E-state index in [2.05, 4.69) is 42.6 Å². The second-order valence-electron chi connectivity index (χ2n) is 4.49. The Morgan fingerprint density at radius 3 is 2.62 bits per heavy atom. The highest BCUT2D eigenvalue weighted by molar-refractivity contribution is 5.14. The van der Waals surface area contributed by atoms with E-state index in [0.29, 0.717) is 0 Å². The van der Waals surface area contributed by atoms with E-state index in [-0.39, 0.29) is 0 Å². The Kier molecular flexibility index (Phi) is 6.86. The molecule has 0 aromatic heterocycles. The summed E-state index contributed by atoms with van der Waals surface area (Å²) in [5, 5.41) is 3.47. The number of hydrogen-bond donors (Lipinski definition) is 2. The third kappa shape index (κ3) is 5.89. The van der Waals surface area contributed by atoms with Crippen LogP contribution in [0.25, 0.3) is 0 Å². The van der Waals surface area contributed by atoms with Gasteiger partial charge < -0.3 is 11.1 Å². The highest BCUT2D eigenvalue weighted by atomic mass is 14.8. The summed E-state index contributed by atoms with van der Waals surface area (Å²) >= 11 is 0. The van der Waals surface area contributed by atoms with Crippen LogP contribution in [0.2, 0.25) is 0 Å². The summed E-state index contributed by atoms with van der Waals surface area (Å²) in [5.74, 6) is 0.767. The standard InChI is InChI=1S/C14H24N2/c1-13(9-10-15)6-5-11-16-12-14-7-3-2-4-8-14/h2-4,7-8,13,16H,5-6,9-12,15H2,1H3. The zero-order chi connectivity index (χ0) is 11.6. The average Bonchev–Trinajstić information content (AvgIpc) is 2.30. The van der Waals surface area contributed by atoms with Gasteiger partial charge in [0.25, 0.3) is 0 Å². The van der Waals surface area contributed by atoms with Gasteiger partial charge in [-0.25, -0.2) is 0 Å². The molecule has 1 unspecified atom stereocenters. The number of hydrogen-bond acceptors (Lipinski definition) is 2. The zero-order valence-corrected chi connectivity index (χ0v) is 10.3. The lowest BCUT2D eigenvalue weighted by atomic mass is 10.0. The van der Waals surface area contributed by atoms with Crippen molar-refractivity contribution in [3.05, 3.63) is 35.9 Å². The Hall–Kier alpha value is -0.860. The third-order valence-electron chi connectivity index (χ3n) is 2.88. The summed E-state index contributed by atoms with van der Waals surface area (Å²) in [6.07, 6.45) is 3.67. The molecule has 0 spiro atoms. The van der Waals surface area contributed by atoms with Crippen molar-refractivity contribution in [2.75, 3.05) is 13.1 Å². The van der Waals surface area contributed by atoms with Crippen LogP contribution in [0.1, 0.15) is 31.7 Å². The second kappa shape index (κ2) is 8.31. The smallest absolute Gasteiger partial charge is 0.0205 e. The molecule has 1 aromatic carbocycles. The molecule has 0 aliphatic carbocycles. The monoisotopic (exact) mass is 220 g/mol. The first-order valence-corrected chi connectivity index (χ1v) is 6.27. The molecule has 0 bridgehead atoms. The number of nitrogens with one attached hydrogen (secondary N) is 1. The largest absolute Gasteiger partial charge is 0.330 e. The van der Waals surface area contributed by atoms with Gasteiger partial charge in [0.1, 0.15) is 0 Å². The van der Waals surface area contributed by atoms with Crippen molar-refractivity contribution < 1.29 is 0 Å². The summed E-state index contributed by atoms with van der Waals surface area (Å²) in [6.45, 7) is 5.18. The molecule has 0 heterocycles. The van der Waals surface area contributed by atoms with Crippen LogP contribution in [0.4, 0.5) is 0 Å². The van der Waals surface area contributed by atoms with Crippen LogP contribution in [-0.4, -0.2) is 13.1 Å². The predicted octanol–water partition coefficient (Wildman–Crippen LogP) is 2.54. The van der Waals surface area contributed by atoms with Crippen molar-refractivity contribution in [3.8, 4) is 0 Å². The molecule has 2 heteroatoms. The van der Waals surface area contributed by atoms with E-state index in [1.165, 1.54) is 18.4 Å². The van der Waals surface area contributed by atoms with Crippen LogP contribution in [-0.2, 0) is 6.54 Å². The molecule has 0 saturated heterocycles. The average molecular weight is 220 g/mol. The van der Waals surface area contributed by atoms with Gasteiger partial charge in [0.15, 0.2) is 0 Å². The minimum absolute atomic E-state index is 0.767. The minimum atomic E-state index is 0.767. The fourth-order valence-corrected chi connectivity index (χ4v) is 1.83. The lowest BCUT2D eigenvalue weighted by Crippen LogP contribution is -2.16. The molecule has 0 fully saturated rings. The van der Waals surface area contributed by atoms with Gasteiger partial charge in [-0.05, 0) is 43.8 Å². The van der Waals surface area contributed by atoms with Crippen molar-refractivity contribution in [2.24, 2.45) is 11.7 Å². The number of nitrogens with two attached hydrogens (primary N) is 1. The highest BCUT2D eigenvalue weighted by Crippen LogP contribution is 2.08. The van der Waals surface area contributed by atoms with Gasteiger partial charge >= 0.3 is 0 Å². The van der Waals surface area contributed by atoms with Crippen molar-refractivity contribution in [3.63, 3.8) is 0 Å². The van der Waals surface area contributed by atoms with Crippen LogP contribution in [0.3, 0.4) is 0 Å². The zero-order valence-electron chi connectivity index (χ0n) is 10.3. The van der Waals surface area contributed by atoms with Crippen LogP contribution in [0.5, 0.6) is 0 Å². The van der Waals surface area contributed by atoms with Gasteiger partial charge in [0.05, 0.1) is 0 Å². The normalized spacial score (nSPS) is 12.6. The number of benzene rings is 1. The topological polar surface area (TPSA) is 38.0 Å². The maximum Gasteiger partial charge on any atom is 0.0205 e. The second-order valence-corrected chi connectivity index (χ2v) is 4.49. The van der Waals surface area contributed by atoms with Crippen molar-refractivity contribution >= 4 is 0 Å². The fourth-order valence-electron chi connectivity index (χ4n) is 1.83. The van der Waals surface area contributed by atoms with Gasteiger partial charge in [-0.1, -0.05) is 37.3 Å². The first-order valence-electron chi connectivity index (χ1n) is 6.27. The molecule has 2 nitrogen and oxygen atoms in total. The quantitative estimate of drug-likeness (QED) is 0.661. The summed E-state index contributed by atoms with van der Waals surface area (Å²) in [7, 11) is 0. The van der Waals surface area contributed by atoms with E-state index >= 15 is 0 Å². The number of rotatable bonds is 8. The molecule has 0 aliphatic heterocycles. The maximum atomic E-state index is 5.52. The molecule has 90 valence electrons. The van der Waals surface area contributed by atoms with Gasteiger partial charge in [0.2, 0.25) is 0 Å². The lowest BCUT2D eigenvalue weighted by Gasteiger charge is -2.10. The Morgan fingerprint density at radius 2 is 1.94 bits per heavy atom. The molecule has 0 saturated carbocycles. The molecular formula is C14H24N2. The van der Waals surface area contributed by atoms with Crippen LogP contribution >= 0.6 is 0 Å². The first kappa shape index (κ1) is 13.2. The van der Waals surface area contributed by atoms with Crippen molar-refractivity contribution in [1.82, 2.24) is 5.32 Å². The van der Waals surface area contributed by atoms with Gasteiger partial charge in [-0.3, -0.25) is 0 Å². The summed E-state index contributed by atoms with van der Waals surface area (Å²) in [5.41, 5.74) is 6.88. The van der Waals surface area contributed by atoms with E-state index < -0.39 is 0 Å². The Bertz CT molecular complexity index is 259. The van der Waals surface area contributed by atoms with Gasteiger partial charge in [-0.2, -0.15) is 0 Å². The molecule has 0 amide bonds. The van der Waals surface area contributed by atoms with E-state index in [1.54, 1.807) is 0 Å². The molecule has 1 aromatic rings. The van der Waals surface area contributed by atoms with Crippen LogP contribution < -0.4 is 11.1 Å². The Morgan fingerprint density at radius 1 is 1.19 bits per heavy atom. The molecule has 0 radical (unpaired) electrons. The SMILES string of the molecule is CC(CCN)CCCNCc1ccccc1. The summed E-state index contributed by atoms with van der Waals surface area (Å²) < 4.78 is 0. The molecule has 3 N–H and O–H groups in total.